The molecule has 0 aliphatic carbocycles. The minimum absolute atomic E-state index is 0.151. The molecule has 0 spiro atoms. The normalized spacial score (nSPS) is 15.3. The fourth-order valence-corrected chi connectivity index (χ4v) is 3.66. The van der Waals surface area contributed by atoms with Crippen molar-refractivity contribution in [2.75, 3.05) is 13.1 Å². The summed E-state index contributed by atoms with van der Waals surface area (Å²) in [6, 6.07) is 3.58. The summed E-state index contributed by atoms with van der Waals surface area (Å²) in [5, 5.41) is 4.41. The number of piperidine rings is 1. The van der Waals surface area contributed by atoms with Crippen molar-refractivity contribution in [3.8, 4) is 0 Å². The molecule has 7 heteroatoms. The van der Waals surface area contributed by atoms with Crippen LogP contribution in [0.25, 0.3) is 16.6 Å². The summed E-state index contributed by atoms with van der Waals surface area (Å²) in [6.45, 7) is 4.05. The van der Waals surface area contributed by atoms with E-state index >= 15 is 0 Å². The Balaban J connectivity index is 1.50. The second kappa shape index (κ2) is 6.38. The molecule has 0 unspecified atom stereocenters. The number of hydrogen-bond acceptors (Lipinski definition) is 4. The molecule has 132 valence electrons. The number of rotatable bonds is 4. The fourth-order valence-electron chi connectivity index (χ4n) is 3.66. The van der Waals surface area contributed by atoms with Crippen molar-refractivity contribution in [3.63, 3.8) is 0 Å². The molecular weight excluding hydrogens is 320 g/mol. The van der Waals surface area contributed by atoms with Gasteiger partial charge in [0.25, 0.3) is 5.56 Å². The van der Waals surface area contributed by atoms with Crippen molar-refractivity contribution in [2.45, 2.75) is 45.6 Å². The van der Waals surface area contributed by atoms with Crippen LogP contribution < -0.4 is 5.56 Å². The lowest BCUT2D eigenvalue weighted by molar-refractivity contribution is -0.132. The minimum atomic E-state index is -0.151. The van der Waals surface area contributed by atoms with Crippen LogP contribution >= 0.6 is 0 Å². The molecule has 4 rings (SSSR count). The minimum Gasteiger partial charge on any atom is -0.463 e. The Kier molecular flexibility index (Phi) is 4.07. The Labute approximate surface area is 144 Å². The highest BCUT2D eigenvalue weighted by Gasteiger charge is 2.17. The van der Waals surface area contributed by atoms with E-state index in [9.17, 15) is 9.59 Å². The number of furan rings is 1. The van der Waals surface area contributed by atoms with Crippen molar-refractivity contribution in [3.05, 3.63) is 34.6 Å². The maximum Gasteiger partial charge on any atom is 0.291 e. The Hall–Kier alpha value is -2.57. The Morgan fingerprint density at radius 3 is 2.84 bits per heavy atom. The number of carbonyl (C=O) groups excluding carboxylic acids is 1. The Bertz CT molecular complexity index is 975. The van der Waals surface area contributed by atoms with E-state index in [4.69, 9.17) is 4.42 Å². The number of carbonyl (C=O) groups is 1. The SMILES string of the molecule is Cc1nn(CCCC(=O)N2CCCCC2)c(=O)c2cc3occc3n12. The van der Waals surface area contributed by atoms with E-state index in [1.807, 2.05) is 22.3 Å². The third-order valence-electron chi connectivity index (χ3n) is 4.93. The molecule has 3 aromatic rings. The molecule has 0 aromatic carbocycles. The molecule has 0 atom stereocenters. The molecule has 1 aliphatic heterocycles. The van der Waals surface area contributed by atoms with Crippen LogP contribution in [0.3, 0.4) is 0 Å². The summed E-state index contributed by atoms with van der Waals surface area (Å²) in [7, 11) is 0. The summed E-state index contributed by atoms with van der Waals surface area (Å²) < 4.78 is 8.67. The zero-order chi connectivity index (χ0) is 17.4. The molecule has 1 saturated heterocycles. The summed E-state index contributed by atoms with van der Waals surface area (Å²) in [5.74, 6) is 0.916. The molecule has 0 bridgehead atoms. The van der Waals surface area contributed by atoms with E-state index in [0.717, 1.165) is 37.3 Å². The topological polar surface area (TPSA) is 72.8 Å². The van der Waals surface area contributed by atoms with Crippen molar-refractivity contribution in [1.82, 2.24) is 19.1 Å². The molecule has 1 fully saturated rings. The van der Waals surface area contributed by atoms with Crippen LogP contribution in [0.15, 0.2) is 27.6 Å². The van der Waals surface area contributed by atoms with Gasteiger partial charge in [0.1, 0.15) is 11.3 Å². The van der Waals surface area contributed by atoms with Crippen LogP contribution in [0, 0.1) is 6.92 Å². The average molecular weight is 342 g/mol. The van der Waals surface area contributed by atoms with Crippen LogP contribution in [0.2, 0.25) is 0 Å². The average Bonchev–Trinajstić information content (AvgIpc) is 3.21. The third kappa shape index (κ3) is 2.83. The lowest BCUT2D eigenvalue weighted by Crippen LogP contribution is -2.35. The van der Waals surface area contributed by atoms with E-state index in [1.54, 1.807) is 12.3 Å². The lowest BCUT2D eigenvalue weighted by Gasteiger charge is -2.26. The Morgan fingerprint density at radius 1 is 1.24 bits per heavy atom. The second-order valence-corrected chi connectivity index (χ2v) is 6.66. The van der Waals surface area contributed by atoms with Gasteiger partial charge < -0.3 is 9.32 Å². The van der Waals surface area contributed by atoms with Crippen molar-refractivity contribution >= 4 is 22.5 Å². The highest BCUT2D eigenvalue weighted by molar-refractivity contribution is 5.82. The molecule has 3 aromatic heterocycles. The van der Waals surface area contributed by atoms with Gasteiger partial charge in [-0.05, 0) is 32.6 Å². The second-order valence-electron chi connectivity index (χ2n) is 6.66. The van der Waals surface area contributed by atoms with Crippen molar-refractivity contribution in [2.24, 2.45) is 0 Å². The maximum atomic E-state index is 12.7. The number of aromatic nitrogens is 3. The van der Waals surface area contributed by atoms with Gasteiger partial charge in [-0.25, -0.2) is 4.68 Å². The van der Waals surface area contributed by atoms with Crippen LogP contribution in [0.4, 0.5) is 0 Å². The van der Waals surface area contributed by atoms with Crippen molar-refractivity contribution < 1.29 is 9.21 Å². The Morgan fingerprint density at radius 2 is 2.04 bits per heavy atom. The van der Waals surface area contributed by atoms with E-state index in [1.165, 1.54) is 11.1 Å². The summed E-state index contributed by atoms with van der Waals surface area (Å²) in [4.78, 5) is 26.8. The van der Waals surface area contributed by atoms with Gasteiger partial charge in [0, 0.05) is 38.2 Å². The highest BCUT2D eigenvalue weighted by atomic mass is 16.3. The van der Waals surface area contributed by atoms with E-state index < -0.39 is 0 Å². The monoisotopic (exact) mass is 342 g/mol. The van der Waals surface area contributed by atoms with Gasteiger partial charge in [0.05, 0.1) is 11.8 Å². The highest BCUT2D eigenvalue weighted by Crippen LogP contribution is 2.20. The van der Waals surface area contributed by atoms with Gasteiger partial charge in [-0.15, -0.1) is 0 Å². The first kappa shape index (κ1) is 15.9. The standard InChI is InChI=1S/C18H22N4O3/c1-13-19-21(10-5-6-17(23)20-8-3-2-4-9-20)18(24)15-12-16-14(22(13)15)7-11-25-16/h7,11-12H,2-6,8-10H2,1H3. The quantitative estimate of drug-likeness (QED) is 0.729. The van der Waals surface area contributed by atoms with Crippen LogP contribution in [0.1, 0.15) is 37.9 Å². The summed E-state index contributed by atoms with van der Waals surface area (Å²) >= 11 is 0. The van der Waals surface area contributed by atoms with Gasteiger partial charge in [0.15, 0.2) is 5.58 Å². The molecular formula is C18H22N4O3. The molecule has 25 heavy (non-hydrogen) atoms. The number of fused-ring (bicyclic) bond motifs is 3. The third-order valence-corrected chi connectivity index (χ3v) is 4.93. The zero-order valence-electron chi connectivity index (χ0n) is 14.4. The van der Waals surface area contributed by atoms with E-state index in [2.05, 4.69) is 5.10 Å². The van der Waals surface area contributed by atoms with Gasteiger partial charge >= 0.3 is 0 Å². The number of hydrogen-bond donors (Lipinski definition) is 0. The van der Waals surface area contributed by atoms with Crippen LogP contribution in [-0.4, -0.2) is 38.1 Å². The zero-order valence-corrected chi connectivity index (χ0v) is 14.4. The predicted molar refractivity (Wildman–Crippen MR) is 93.6 cm³/mol. The number of nitrogens with zero attached hydrogens (tertiary/aromatic N) is 4. The molecule has 0 saturated carbocycles. The number of aryl methyl sites for hydroxylation is 2. The first-order chi connectivity index (χ1) is 12.1. The predicted octanol–water partition coefficient (Wildman–Crippen LogP) is 2.34. The maximum absolute atomic E-state index is 12.7. The number of likely N-dealkylation sites (tertiary alicyclic amines) is 1. The molecule has 0 radical (unpaired) electrons. The summed E-state index contributed by atoms with van der Waals surface area (Å²) in [6.07, 6.45) is 6.09. The smallest absolute Gasteiger partial charge is 0.291 e. The van der Waals surface area contributed by atoms with E-state index in [-0.39, 0.29) is 11.5 Å². The number of amides is 1. The largest absolute Gasteiger partial charge is 0.463 e. The van der Waals surface area contributed by atoms with Crippen molar-refractivity contribution in [1.29, 1.82) is 0 Å². The first-order valence-corrected chi connectivity index (χ1v) is 8.89. The molecule has 7 nitrogen and oxygen atoms in total. The fraction of sp³-hybridized carbons (Fsp3) is 0.500. The van der Waals surface area contributed by atoms with Crippen LogP contribution in [0.5, 0.6) is 0 Å². The summed E-state index contributed by atoms with van der Waals surface area (Å²) in [5.41, 5.74) is 1.94. The molecule has 1 amide bonds. The van der Waals surface area contributed by atoms with Gasteiger partial charge in [0.2, 0.25) is 5.91 Å². The van der Waals surface area contributed by atoms with Gasteiger partial charge in [-0.1, -0.05) is 0 Å². The molecule has 1 aliphatic rings. The van der Waals surface area contributed by atoms with E-state index in [0.29, 0.717) is 30.5 Å². The lowest BCUT2D eigenvalue weighted by atomic mass is 10.1. The van der Waals surface area contributed by atoms with Gasteiger partial charge in [-0.2, -0.15) is 5.10 Å². The first-order valence-electron chi connectivity index (χ1n) is 8.89. The molecule has 0 N–H and O–H groups in total. The van der Waals surface area contributed by atoms with Crippen LogP contribution in [-0.2, 0) is 11.3 Å². The molecule has 4 heterocycles. The van der Waals surface area contributed by atoms with Gasteiger partial charge in [-0.3, -0.25) is 14.0 Å².